The number of rotatable bonds is 6. The molecule has 1 aliphatic heterocycles. The Kier molecular flexibility index (Phi) is 6.42. The molecule has 0 saturated carbocycles. The number of hydrogen-bond acceptors (Lipinski definition) is 3. The minimum Gasteiger partial charge on any atom is -0.379 e. The Labute approximate surface area is 149 Å². The summed E-state index contributed by atoms with van der Waals surface area (Å²) in [5, 5.41) is 3.05. The Hall–Kier alpha value is -2.37. The van der Waals surface area contributed by atoms with Gasteiger partial charge in [0.15, 0.2) is 0 Å². The standard InChI is InChI=1S/C20H25N3O2/c24-20(21-12-7-13-22-14-16-25-17-15-22)23(18-8-3-1-4-9-18)19-10-5-2-6-11-19/h1-6,8-11H,7,12-17H2,(H,21,24). The lowest BCUT2D eigenvalue weighted by Gasteiger charge is -2.27. The number of para-hydroxylation sites is 2. The van der Waals surface area contributed by atoms with E-state index >= 15 is 0 Å². The van der Waals surface area contributed by atoms with Gasteiger partial charge in [-0.15, -0.1) is 0 Å². The lowest BCUT2D eigenvalue weighted by atomic mass is 10.2. The second-order valence-electron chi connectivity index (χ2n) is 6.05. The van der Waals surface area contributed by atoms with Crippen LogP contribution in [0.2, 0.25) is 0 Å². The highest BCUT2D eigenvalue weighted by Crippen LogP contribution is 2.24. The molecule has 3 rings (SSSR count). The molecule has 5 nitrogen and oxygen atoms in total. The number of amides is 2. The molecular weight excluding hydrogens is 314 g/mol. The van der Waals surface area contributed by atoms with Crippen LogP contribution in [0.25, 0.3) is 0 Å². The molecule has 0 aromatic heterocycles. The van der Waals surface area contributed by atoms with Gasteiger partial charge in [0.2, 0.25) is 0 Å². The maximum Gasteiger partial charge on any atom is 0.326 e. The minimum absolute atomic E-state index is 0.0978. The maximum absolute atomic E-state index is 12.8. The zero-order valence-electron chi connectivity index (χ0n) is 14.4. The summed E-state index contributed by atoms with van der Waals surface area (Å²) in [6, 6.07) is 19.3. The molecule has 0 atom stereocenters. The number of nitrogens with one attached hydrogen (secondary N) is 1. The number of ether oxygens (including phenoxy) is 1. The smallest absolute Gasteiger partial charge is 0.326 e. The van der Waals surface area contributed by atoms with Crippen molar-refractivity contribution in [1.29, 1.82) is 0 Å². The van der Waals surface area contributed by atoms with Gasteiger partial charge in [-0.05, 0) is 37.2 Å². The Morgan fingerprint density at radius 1 is 0.960 bits per heavy atom. The largest absolute Gasteiger partial charge is 0.379 e. The molecule has 0 bridgehead atoms. The number of anilines is 2. The van der Waals surface area contributed by atoms with Crippen LogP contribution in [0.1, 0.15) is 6.42 Å². The fourth-order valence-electron chi connectivity index (χ4n) is 2.94. The van der Waals surface area contributed by atoms with E-state index in [0.717, 1.165) is 50.6 Å². The number of urea groups is 1. The number of carbonyl (C=O) groups is 1. The second kappa shape index (κ2) is 9.20. The first-order valence-corrected chi connectivity index (χ1v) is 8.83. The van der Waals surface area contributed by atoms with Crippen LogP contribution < -0.4 is 10.2 Å². The summed E-state index contributed by atoms with van der Waals surface area (Å²) in [6.45, 7) is 5.22. The molecular formula is C20H25N3O2. The zero-order valence-corrected chi connectivity index (χ0v) is 14.4. The van der Waals surface area contributed by atoms with E-state index in [9.17, 15) is 4.79 Å². The van der Waals surface area contributed by atoms with Crippen LogP contribution in [0.3, 0.4) is 0 Å². The fraction of sp³-hybridized carbons (Fsp3) is 0.350. The summed E-state index contributed by atoms with van der Waals surface area (Å²) in [4.78, 5) is 16.9. The summed E-state index contributed by atoms with van der Waals surface area (Å²) in [7, 11) is 0. The van der Waals surface area contributed by atoms with E-state index < -0.39 is 0 Å². The second-order valence-corrected chi connectivity index (χ2v) is 6.05. The quantitative estimate of drug-likeness (QED) is 0.822. The van der Waals surface area contributed by atoms with Crippen LogP contribution in [0.15, 0.2) is 60.7 Å². The van der Waals surface area contributed by atoms with E-state index in [1.54, 1.807) is 4.90 Å². The predicted molar refractivity (Wildman–Crippen MR) is 100 cm³/mol. The molecule has 0 radical (unpaired) electrons. The molecule has 0 unspecified atom stereocenters. The van der Waals surface area contributed by atoms with E-state index in [-0.39, 0.29) is 6.03 Å². The number of benzene rings is 2. The number of morpholine rings is 1. The molecule has 5 heteroatoms. The van der Waals surface area contributed by atoms with Crippen molar-refractivity contribution in [3.8, 4) is 0 Å². The first kappa shape index (κ1) is 17.5. The molecule has 0 aliphatic carbocycles. The predicted octanol–water partition coefficient (Wildman–Crippen LogP) is 3.26. The molecule has 132 valence electrons. The van der Waals surface area contributed by atoms with Crippen LogP contribution in [-0.2, 0) is 4.74 Å². The number of hydrogen-bond donors (Lipinski definition) is 1. The molecule has 2 aromatic rings. The average Bonchev–Trinajstić information content (AvgIpc) is 2.68. The normalized spacial score (nSPS) is 14.9. The Balaban J connectivity index is 1.58. The topological polar surface area (TPSA) is 44.8 Å². The molecule has 1 N–H and O–H groups in total. The van der Waals surface area contributed by atoms with Crippen molar-refractivity contribution in [2.75, 3.05) is 44.3 Å². The zero-order chi connectivity index (χ0) is 17.3. The molecule has 2 aromatic carbocycles. The van der Waals surface area contributed by atoms with Gasteiger partial charge in [-0.3, -0.25) is 9.80 Å². The molecule has 1 saturated heterocycles. The van der Waals surface area contributed by atoms with Crippen molar-refractivity contribution in [2.24, 2.45) is 0 Å². The van der Waals surface area contributed by atoms with Crippen molar-refractivity contribution < 1.29 is 9.53 Å². The van der Waals surface area contributed by atoms with E-state index in [2.05, 4.69) is 10.2 Å². The van der Waals surface area contributed by atoms with Crippen molar-refractivity contribution in [2.45, 2.75) is 6.42 Å². The third-order valence-corrected chi connectivity index (χ3v) is 4.26. The Bertz CT molecular complexity index is 603. The first-order valence-electron chi connectivity index (χ1n) is 8.83. The van der Waals surface area contributed by atoms with E-state index in [1.165, 1.54) is 0 Å². The van der Waals surface area contributed by atoms with Crippen molar-refractivity contribution >= 4 is 17.4 Å². The number of nitrogens with zero attached hydrogens (tertiary/aromatic N) is 2. The van der Waals surface area contributed by atoms with Crippen molar-refractivity contribution in [3.63, 3.8) is 0 Å². The summed E-state index contributed by atoms with van der Waals surface area (Å²) in [5.41, 5.74) is 1.72. The molecule has 2 amide bonds. The molecule has 1 heterocycles. The van der Waals surface area contributed by atoms with Crippen LogP contribution in [-0.4, -0.2) is 50.3 Å². The molecule has 0 spiro atoms. The molecule has 1 aliphatic rings. The van der Waals surface area contributed by atoms with Crippen molar-refractivity contribution in [1.82, 2.24) is 10.2 Å². The third kappa shape index (κ3) is 5.05. The lowest BCUT2D eigenvalue weighted by Crippen LogP contribution is -2.40. The van der Waals surface area contributed by atoms with E-state index in [1.807, 2.05) is 60.7 Å². The van der Waals surface area contributed by atoms with Gasteiger partial charge in [0.25, 0.3) is 0 Å². The third-order valence-electron chi connectivity index (χ3n) is 4.26. The Morgan fingerprint density at radius 3 is 2.08 bits per heavy atom. The van der Waals surface area contributed by atoms with Gasteiger partial charge in [-0.2, -0.15) is 0 Å². The van der Waals surface area contributed by atoms with E-state index in [4.69, 9.17) is 4.74 Å². The minimum atomic E-state index is -0.0978. The summed E-state index contributed by atoms with van der Waals surface area (Å²) >= 11 is 0. The van der Waals surface area contributed by atoms with Crippen molar-refractivity contribution in [3.05, 3.63) is 60.7 Å². The van der Waals surface area contributed by atoms with Crippen LogP contribution >= 0.6 is 0 Å². The highest BCUT2D eigenvalue weighted by atomic mass is 16.5. The van der Waals surface area contributed by atoms with Gasteiger partial charge in [0, 0.05) is 19.6 Å². The first-order chi connectivity index (χ1) is 12.3. The van der Waals surface area contributed by atoms with Crippen LogP contribution in [0, 0.1) is 0 Å². The van der Waals surface area contributed by atoms with Gasteiger partial charge in [0.1, 0.15) is 0 Å². The summed E-state index contributed by atoms with van der Waals surface area (Å²) in [6.07, 6.45) is 0.934. The highest BCUT2D eigenvalue weighted by molar-refractivity contribution is 5.99. The number of carbonyl (C=O) groups excluding carboxylic acids is 1. The van der Waals surface area contributed by atoms with Crippen LogP contribution in [0.5, 0.6) is 0 Å². The summed E-state index contributed by atoms with van der Waals surface area (Å²) in [5.74, 6) is 0. The SMILES string of the molecule is O=C(NCCCN1CCOCC1)N(c1ccccc1)c1ccccc1. The summed E-state index contributed by atoms with van der Waals surface area (Å²) < 4.78 is 5.36. The fourth-order valence-corrected chi connectivity index (χ4v) is 2.94. The monoisotopic (exact) mass is 339 g/mol. The van der Waals surface area contributed by atoms with Crippen LogP contribution in [0.4, 0.5) is 16.2 Å². The van der Waals surface area contributed by atoms with Gasteiger partial charge < -0.3 is 10.1 Å². The van der Waals surface area contributed by atoms with Gasteiger partial charge in [-0.25, -0.2) is 4.79 Å². The molecule has 1 fully saturated rings. The highest BCUT2D eigenvalue weighted by Gasteiger charge is 2.17. The average molecular weight is 339 g/mol. The molecule has 25 heavy (non-hydrogen) atoms. The Morgan fingerprint density at radius 2 is 1.52 bits per heavy atom. The van der Waals surface area contributed by atoms with Gasteiger partial charge >= 0.3 is 6.03 Å². The van der Waals surface area contributed by atoms with E-state index in [0.29, 0.717) is 6.54 Å². The van der Waals surface area contributed by atoms with Gasteiger partial charge in [-0.1, -0.05) is 36.4 Å². The van der Waals surface area contributed by atoms with Gasteiger partial charge in [0.05, 0.1) is 24.6 Å². The lowest BCUT2D eigenvalue weighted by molar-refractivity contribution is 0.0375. The maximum atomic E-state index is 12.8.